The maximum Gasteiger partial charge on any atom is 0.306 e. The van der Waals surface area contributed by atoms with Crippen LogP contribution in [0.3, 0.4) is 0 Å². The molecule has 0 bridgehead atoms. The maximum atomic E-state index is 12.8. The van der Waals surface area contributed by atoms with Gasteiger partial charge in [-0.05, 0) is 128 Å². The fourth-order valence-corrected chi connectivity index (χ4v) is 6.67. The van der Waals surface area contributed by atoms with Gasteiger partial charge in [-0.15, -0.1) is 0 Å². The second-order valence-electron chi connectivity index (χ2n) is 17.0. The third-order valence-electron chi connectivity index (χ3n) is 10.6. The van der Waals surface area contributed by atoms with Gasteiger partial charge in [0.2, 0.25) is 0 Å². The van der Waals surface area contributed by atoms with E-state index >= 15 is 0 Å². The van der Waals surface area contributed by atoms with Crippen LogP contribution < -0.4 is 0 Å². The highest BCUT2D eigenvalue weighted by Crippen LogP contribution is 2.12. The fraction of sp³-hybridized carbons (Fsp3) is 0.590. The van der Waals surface area contributed by atoms with E-state index < -0.39 is 6.10 Å². The zero-order valence-corrected chi connectivity index (χ0v) is 42.9. The van der Waals surface area contributed by atoms with Crippen LogP contribution in [0.5, 0.6) is 0 Å². The minimum atomic E-state index is -0.829. The first-order valence-electron chi connectivity index (χ1n) is 26.7. The lowest BCUT2D eigenvalue weighted by Gasteiger charge is -2.18. The van der Waals surface area contributed by atoms with Gasteiger partial charge in [-0.3, -0.25) is 14.4 Å². The van der Waals surface area contributed by atoms with Crippen molar-refractivity contribution in [3.8, 4) is 0 Å². The molecule has 0 rings (SSSR count). The van der Waals surface area contributed by atoms with Gasteiger partial charge in [0.25, 0.3) is 0 Å². The normalized spacial score (nSPS) is 13.2. The average molecular weight is 925 g/mol. The minimum Gasteiger partial charge on any atom is -0.462 e. The van der Waals surface area contributed by atoms with Crippen molar-refractivity contribution in [1.29, 1.82) is 0 Å². The summed E-state index contributed by atoms with van der Waals surface area (Å²) in [6, 6.07) is 0. The Kier molecular flexibility index (Phi) is 50.6. The van der Waals surface area contributed by atoms with Crippen LogP contribution in [0.15, 0.2) is 134 Å². The summed E-state index contributed by atoms with van der Waals surface area (Å²) < 4.78 is 16.7. The Morgan fingerprint density at radius 2 is 0.597 bits per heavy atom. The number of esters is 3. The zero-order valence-electron chi connectivity index (χ0n) is 42.9. The van der Waals surface area contributed by atoms with Gasteiger partial charge in [-0.2, -0.15) is 0 Å². The summed E-state index contributed by atoms with van der Waals surface area (Å²) in [5.41, 5.74) is 0. The van der Waals surface area contributed by atoms with Crippen molar-refractivity contribution in [2.75, 3.05) is 13.2 Å². The van der Waals surface area contributed by atoms with Crippen LogP contribution in [0.1, 0.15) is 213 Å². The molecule has 6 nitrogen and oxygen atoms in total. The highest BCUT2D eigenvalue weighted by molar-refractivity contribution is 5.71. The standard InChI is InChI=1S/C61H96O6/c1-4-7-10-13-16-19-22-25-28-30-33-36-39-42-45-48-51-54-60(63)66-57-58(56-65-59(62)53-50-47-44-41-38-35-32-27-24-21-18-15-12-9-6-3)67-61(64)55-52-49-46-43-40-37-34-31-29-26-23-20-17-14-11-8-5-2/h8-9,11-12,16-21,25-29,32-34,36-37,43,46,58H,4-7,10,13-15,22-24,30-31,35,38-42,44-45,47-57H2,1-3H3/b11-8-,12-9-,19-16-,20-17-,21-18-,28-25-,29-26-,32-27-,36-33-,37-34-,46-43-/t58-/m1/s1. The molecule has 0 fully saturated rings. The van der Waals surface area contributed by atoms with Crippen molar-refractivity contribution in [2.24, 2.45) is 0 Å². The van der Waals surface area contributed by atoms with Crippen molar-refractivity contribution >= 4 is 17.9 Å². The smallest absolute Gasteiger partial charge is 0.306 e. The number of carbonyl (C=O) groups is 3. The van der Waals surface area contributed by atoms with E-state index in [1.54, 1.807) is 0 Å². The number of hydrogen-bond acceptors (Lipinski definition) is 6. The molecule has 0 saturated heterocycles. The monoisotopic (exact) mass is 925 g/mol. The summed E-state index contributed by atoms with van der Waals surface area (Å²) in [5.74, 6) is -1.03. The van der Waals surface area contributed by atoms with Crippen LogP contribution in [0.25, 0.3) is 0 Å². The van der Waals surface area contributed by atoms with E-state index in [0.717, 1.165) is 141 Å². The second-order valence-corrected chi connectivity index (χ2v) is 17.0. The lowest BCUT2D eigenvalue weighted by Crippen LogP contribution is -2.30. The van der Waals surface area contributed by atoms with Gasteiger partial charge in [0.05, 0.1) is 0 Å². The molecule has 0 N–H and O–H groups in total. The Hall–Kier alpha value is -4.45. The molecular weight excluding hydrogens is 829 g/mol. The van der Waals surface area contributed by atoms with E-state index in [2.05, 4.69) is 154 Å². The van der Waals surface area contributed by atoms with Crippen LogP contribution in [0, 0.1) is 0 Å². The molecule has 0 radical (unpaired) electrons. The lowest BCUT2D eigenvalue weighted by molar-refractivity contribution is -0.167. The van der Waals surface area contributed by atoms with Gasteiger partial charge in [-0.1, -0.05) is 199 Å². The molecule has 0 amide bonds. The number of rotatable bonds is 46. The number of hydrogen-bond donors (Lipinski definition) is 0. The van der Waals surface area contributed by atoms with E-state index in [9.17, 15) is 14.4 Å². The summed E-state index contributed by atoms with van der Waals surface area (Å²) in [6.45, 7) is 6.28. The van der Waals surface area contributed by atoms with E-state index in [1.807, 2.05) is 0 Å². The molecule has 0 heterocycles. The van der Waals surface area contributed by atoms with Gasteiger partial charge < -0.3 is 14.2 Å². The van der Waals surface area contributed by atoms with Crippen LogP contribution in [0.4, 0.5) is 0 Å². The fourth-order valence-electron chi connectivity index (χ4n) is 6.67. The van der Waals surface area contributed by atoms with E-state index in [4.69, 9.17) is 14.2 Å². The Bertz CT molecular complexity index is 1480. The summed E-state index contributed by atoms with van der Waals surface area (Å²) in [7, 11) is 0. The zero-order chi connectivity index (χ0) is 48.6. The maximum absolute atomic E-state index is 12.8. The molecule has 0 saturated carbocycles. The molecule has 0 aliphatic heterocycles. The molecule has 0 aromatic rings. The number of allylic oxidation sites excluding steroid dienone is 22. The molecule has 0 aliphatic rings. The Morgan fingerprint density at radius 3 is 0.955 bits per heavy atom. The molecule has 67 heavy (non-hydrogen) atoms. The summed E-state index contributed by atoms with van der Waals surface area (Å²) in [6.07, 6.45) is 75.8. The number of ether oxygens (including phenoxy) is 3. The third-order valence-corrected chi connectivity index (χ3v) is 10.6. The van der Waals surface area contributed by atoms with Crippen LogP contribution in [0.2, 0.25) is 0 Å². The summed E-state index contributed by atoms with van der Waals surface area (Å²) in [5, 5.41) is 0. The molecular formula is C61H96O6. The predicted molar refractivity (Wildman–Crippen MR) is 288 cm³/mol. The quantitative estimate of drug-likeness (QED) is 0.0262. The van der Waals surface area contributed by atoms with Gasteiger partial charge in [0.1, 0.15) is 13.2 Å². The molecule has 0 unspecified atom stereocenters. The van der Waals surface area contributed by atoms with Crippen molar-refractivity contribution in [3.63, 3.8) is 0 Å². The summed E-state index contributed by atoms with van der Waals surface area (Å²) in [4.78, 5) is 38.0. The van der Waals surface area contributed by atoms with Crippen molar-refractivity contribution in [1.82, 2.24) is 0 Å². The predicted octanol–water partition coefficient (Wildman–Crippen LogP) is 17.9. The summed E-state index contributed by atoms with van der Waals surface area (Å²) >= 11 is 0. The number of carbonyl (C=O) groups excluding carboxylic acids is 3. The average Bonchev–Trinajstić information content (AvgIpc) is 3.33. The molecule has 376 valence electrons. The van der Waals surface area contributed by atoms with Gasteiger partial charge in [-0.25, -0.2) is 0 Å². The van der Waals surface area contributed by atoms with Crippen molar-refractivity contribution in [3.05, 3.63) is 134 Å². The minimum absolute atomic E-state index is 0.122. The first-order chi connectivity index (χ1) is 33.0. The molecule has 0 spiro atoms. The van der Waals surface area contributed by atoms with Crippen LogP contribution in [-0.2, 0) is 28.6 Å². The lowest BCUT2D eigenvalue weighted by atomic mass is 10.1. The van der Waals surface area contributed by atoms with E-state index in [1.165, 1.54) is 25.7 Å². The highest BCUT2D eigenvalue weighted by atomic mass is 16.6. The molecule has 0 aliphatic carbocycles. The molecule has 1 atom stereocenters. The van der Waals surface area contributed by atoms with Crippen molar-refractivity contribution in [2.45, 2.75) is 219 Å². The first kappa shape index (κ1) is 62.5. The Morgan fingerprint density at radius 1 is 0.313 bits per heavy atom. The van der Waals surface area contributed by atoms with Gasteiger partial charge in [0, 0.05) is 19.3 Å². The van der Waals surface area contributed by atoms with Gasteiger partial charge in [0.15, 0.2) is 6.10 Å². The molecule has 6 heteroatoms. The topological polar surface area (TPSA) is 78.9 Å². The van der Waals surface area contributed by atoms with Gasteiger partial charge >= 0.3 is 17.9 Å². The molecule has 0 aromatic carbocycles. The molecule has 0 aromatic heterocycles. The largest absolute Gasteiger partial charge is 0.462 e. The third kappa shape index (κ3) is 52.4. The van der Waals surface area contributed by atoms with E-state index in [0.29, 0.717) is 19.3 Å². The van der Waals surface area contributed by atoms with Crippen LogP contribution >= 0.6 is 0 Å². The first-order valence-corrected chi connectivity index (χ1v) is 26.7. The Balaban J connectivity index is 4.58. The SMILES string of the molecule is CC/C=C\C/C=C\C/C=C\C/C=C\C/C=C\CCCC(=O)O[C@@H](COC(=O)CCCCCC/C=C\C/C=C\C/C=C\CCCCC)COC(=O)CCCCCCC/C=C\C/C=C\C/C=C\CC. The Labute approximate surface area is 411 Å². The van der Waals surface area contributed by atoms with Crippen molar-refractivity contribution < 1.29 is 28.6 Å². The highest BCUT2D eigenvalue weighted by Gasteiger charge is 2.19. The van der Waals surface area contributed by atoms with Crippen LogP contribution in [-0.4, -0.2) is 37.2 Å². The second kappa shape index (κ2) is 54.2. The van der Waals surface area contributed by atoms with E-state index in [-0.39, 0.29) is 37.5 Å². The number of unbranched alkanes of at least 4 members (excludes halogenated alkanes) is 13.